The third-order valence-corrected chi connectivity index (χ3v) is 6.82. The van der Waals surface area contributed by atoms with Crippen LogP contribution in [0.15, 0.2) is 66.7 Å². The second kappa shape index (κ2) is 12.8. The molecule has 0 bridgehead atoms. The van der Waals surface area contributed by atoms with Gasteiger partial charge in [0.2, 0.25) is 11.8 Å². The topological polar surface area (TPSA) is 49.4 Å². The highest BCUT2D eigenvalue weighted by atomic mass is 35.5. The zero-order chi connectivity index (χ0) is 25.4. The molecule has 0 radical (unpaired) electrons. The number of carbonyl (C=O) groups is 2. The third-order valence-electron chi connectivity index (χ3n) is 6.08. The largest absolute Gasteiger partial charge is 0.354 e. The van der Waals surface area contributed by atoms with Crippen LogP contribution in [0, 0.1) is 13.8 Å². The van der Waals surface area contributed by atoms with E-state index in [2.05, 4.69) is 5.32 Å². The highest BCUT2D eigenvalue weighted by Crippen LogP contribution is 2.25. The Morgan fingerprint density at radius 3 is 2.23 bits per heavy atom. The van der Waals surface area contributed by atoms with E-state index in [0.717, 1.165) is 28.7 Å². The van der Waals surface area contributed by atoms with Gasteiger partial charge in [-0.25, -0.2) is 0 Å². The normalized spacial score (nSPS) is 11.7. The summed E-state index contributed by atoms with van der Waals surface area (Å²) in [4.78, 5) is 28.8. The van der Waals surface area contributed by atoms with Crippen LogP contribution in [0.3, 0.4) is 0 Å². The van der Waals surface area contributed by atoms with Gasteiger partial charge in [-0.05, 0) is 60.2 Å². The van der Waals surface area contributed by atoms with Crippen molar-refractivity contribution < 1.29 is 9.59 Å². The molecule has 0 spiro atoms. The van der Waals surface area contributed by atoms with Crippen molar-refractivity contribution in [2.45, 2.75) is 52.6 Å². The summed E-state index contributed by atoms with van der Waals surface area (Å²) >= 11 is 12.4. The molecule has 0 aromatic heterocycles. The van der Waals surface area contributed by atoms with Crippen molar-refractivity contribution in [1.82, 2.24) is 10.2 Å². The van der Waals surface area contributed by atoms with Crippen LogP contribution in [-0.4, -0.2) is 29.3 Å². The fraction of sp³-hybridized carbons (Fsp3) is 0.310. The van der Waals surface area contributed by atoms with E-state index in [1.165, 1.54) is 5.56 Å². The summed E-state index contributed by atoms with van der Waals surface area (Å²) in [5.74, 6) is -0.281. The minimum atomic E-state index is -0.669. The molecule has 1 N–H and O–H groups in total. The van der Waals surface area contributed by atoms with Crippen molar-refractivity contribution >= 4 is 35.0 Å². The van der Waals surface area contributed by atoms with Crippen LogP contribution in [0.25, 0.3) is 0 Å². The lowest BCUT2D eigenvalue weighted by molar-refractivity contribution is -0.140. The van der Waals surface area contributed by atoms with Gasteiger partial charge in [-0.3, -0.25) is 9.59 Å². The van der Waals surface area contributed by atoms with E-state index in [9.17, 15) is 9.59 Å². The molecule has 4 nitrogen and oxygen atoms in total. The van der Waals surface area contributed by atoms with Crippen LogP contribution in [0.1, 0.15) is 41.2 Å². The quantitative estimate of drug-likeness (QED) is 0.346. The van der Waals surface area contributed by atoms with Gasteiger partial charge in [-0.15, -0.1) is 0 Å². The number of amides is 2. The summed E-state index contributed by atoms with van der Waals surface area (Å²) in [6.07, 6.45) is 1.43. The Morgan fingerprint density at radius 1 is 0.857 bits per heavy atom. The zero-order valence-corrected chi connectivity index (χ0v) is 22.0. The molecule has 0 aliphatic rings. The van der Waals surface area contributed by atoms with E-state index < -0.39 is 6.04 Å². The standard InChI is InChI=1S/C29H32Cl2N2O2/c1-4-14-32-29(35)27(17-22-8-6-5-7-9-22)33(19-24-12-13-25(30)26(31)16-24)28(34)18-23-11-10-20(2)21(3)15-23/h5-13,15-16,27H,4,14,17-19H2,1-3H3,(H,32,35)/t27-/m1/s1. The van der Waals surface area contributed by atoms with Gasteiger partial charge >= 0.3 is 0 Å². The summed E-state index contributed by atoms with van der Waals surface area (Å²) in [5.41, 5.74) is 5.03. The molecule has 0 saturated carbocycles. The molecule has 2 amide bonds. The first-order valence-electron chi connectivity index (χ1n) is 11.9. The molecule has 3 aromatic rings. The van der Waals surface area contributed by atoms with Gasteiger partial charge in [0.25, 0.3) is 0 Å². The van der Waals surface area contributed by atoms with Gasteiger partial charge in [0, 0.05) is 19.5 Å². The molecule has 6 heteroatoms. The molecular formula is C29H32Cl2N2O2. The number of rotatable bonds is 10. The van der Waals surface area contributed by atoms with E-state index in [-0.39, 0.29) is 24.8 Å². The number of hydrogen-bond acceptors (Lipinski definition) is 2. The van der Waals surface area contributed by atoms with Gasteiger partial charge in [0.1, 0.15) is 6.04 Å². The number of aryl methyl sites for hydroxylation is 2. The van der Waals surface area contributed by atoms with Crippen molar-refractivity contribution in [2.75, 3.05) is 6.54 Å². The summed E-state index contributed by atoms with van der Waals surface area (Å²) < 4.78 is 0. The highest BCUT2D eigenvalue weighted by Gasteiger charge is 2.30. The molecule has 0 saturated heterocycles. The SMILES string of the molecule is CCCNC(=O)[C@@H](Cc1ccccc1)N(Cc1ccc(Cl)c(Cl)c1)C(=O)Cc1ccc(C)c(C)c1. The van der Waals surface area contributed by atoms with Gasteiger partial charge in [-0.2, -0.15) is 0 Å². The molecule has 0 unspecified atom stereocenters. The lowest BCUT2D eigenvalue weighted by Crippen LogP contribution is -2.51. The van der Waals surface area contributed by atoms with Gasteiger partial charge in [0.15, 0.2) is 0 Å². The number of halogens is 2. The number of nitrogens with one attached hydrogen (secondary N) is 1. The lowest BCUT2D eigenvalue weighted by atomic mass is 10.00. The van der Waals surface area contributed by atoms with Crippen molar-refractivity contribution in [2.24, 2.45) is 0 Å². The van der Waals surface area contributed by atoms with Crippen molar-refractivity contribution in [1.29, 1.82) is 0 Å². The number of benzene rings is 3. The zero-order valence-electron chi connectivity index (χ0n) is 20.5. The molecule has 1 atom stereocenters. The van der Waals surface area contributed by atoms with Crippen LogP contribution < -0.4 is 5.32 Å². The van der Waals surface area contributed by atoms with Crippen LogP contribution in [-0.2, 0) is 29.0 Å². The Hall–Kier alpha value is -2.82. The molecule has 0 heterocycles. The van der Waals surface area contributed by atoms with Crippen molar-refractivity contribution in [3.8, 4) is 0 Å². The molecular weight excluding hydrogens is 479 g/mol. The van der Waals surface area contributed by atoms with E-state index in [1.54, 1.807) is 17.0 Å². The second-order valence-electron chi connectivity index (χ2n) is 8.86. The van der Waals surface area contributed by atoms with Crippen molar-refractivity contribution in [3.05, 3.63) is 105 Å². The number of carbonyl (C=O) groups excluding carboxylic acids is 2. The highest BCUT2D eigenvalue weighted by molar-refractivity contribution is 6.42. The monoisotopic (exact) mass is 510 g/mol. The van der Waals surface area contributed by atoms with E-state index in [1.807, 2.05) is 75.4 Å². The first-order valence-corrected chi connectivity index (χ1v) is 12.6. The first-order chi connectivity index (χ1) is 16.8. The molecule has 184 valence electrons. The summed E-state index contributed by atoms with van der Waals surface area (Å²) in [6, 6.07) is 20.5. The number of nitrogens with zero attached hydrogens (tertiary/aromatic N) is 1. The Morgan fingerprint density at radius 2 is 1.57 bits per heavy atom. The molecule has 0 aliphatic carbocycles. The van der Waals surface area contributed by atoms with Gasteiger partial charge < -0.3 is 10.2 Å². The Labute approximate surface area is 218 Å². The van der Waals surface area contributed by atoms with Gasteiger partial charge in [-0.1, -0.05) is 84.7 Å². The van der Waals surface area contributed by atoms with Crippen LogP contribution in [0.2, 0.25) is 10.0 Å². The lowest BCUT2D eigenvalue weighted by Gasteiger charge is -2.32. The molecule has 35 heavy (non-hydrogen) atoms. The fourth-order valence-corrected chi connectivity index (χ4v) is 4.26. The van der Waals surface area contributed by atoms with Crippen LogP contribution >= 0.6 is 23.2 Å². The predicted molar refractivity (Wildman–Crippen MR) is 144 cm³/mol. The van der Waals surface area contributed by atoms with E-state index >= 15 is 0 Å². The Kier molecular flexibility index (Phi) is 9.76. The van der Waals surface area contributed by atoms with E-state index in [4.69, 9.17) is 23.2 Å². The molecule has 0 fully saturated rings. The second-order valence-corrected chi connectivity index (χ2v) is 9.68. The first kappa shape index (κ1) is 26.8. The minimum Gasteiger partial charge on any atom is -0.354 e. The van der Waals surface area contributed by atoms with Gasteiger partial charge in [0.05, 0.1) is 16.5 Å². The Balaban J connectivity index is 1.98. The summed E-state index contributed by atoms with van der Waals surface area (Å²) in [5, 5.41) is 3.86. The maximum Gasteiger partial charge on any atom is 0.243 e. The smallest absolute Gasteiger partial charge is 0.243 e. The fourth-order valence-electron chi connectivity index (χ4n) is 3.94. The maximum absolute atomic E-state index is 13.8. The van der Waals surface area contributed by atoms with Crippen LogP contribution in [0.5, 0.6) is 0 Å². The minimum absolute atomic E-state index is 0.119. The molecule has 3 aromatic carbocycles. The molecule has 0 aliphatic heterocycles. The number of hydrogen-bond donors (Lipinski definition) is 1. The third kappa shape index (κ3) is 7.58. The average Bonchev–Trinajstić information content (AvgIpc) is 2.84. The predicted octanol–water partition coefficient (Wildman–Crippen LogP) is 6.32. The van der Waals surface area contributed by atoms with Crippen molar-refractivity contribution in [3.63, 3.8) is 0 Å². The summed E-state index contributed by atoms with van der Waals surface area (Å²) in [7, 11) is 0. The Bertz CT molecular complexity index is 1160. The molecule has 3 rings (SSSR count). The maximum atomic E-state index is 13.8. The van der Waals surface area contributed by atoms with E-state index in [0.29, 0.717) is 23.0 Å². The summed E-state index contributed by atoms with van der Waals surface area (Å²) in [6.45, 7) is 6.89. The van der Waals surface area contributed by atoms with Crippen LogP contribution in [0.4, 0.5) is 0 Å². The average molecular weight is 511 g/mol.